The van der Waals surface area contributed by atoms with Crippen molar-refractivity contribution in [1.29, 1.82) is 0 Å². The Hall–Kier alpha value is -2.14. The van der Waals surface area contributed by atoms with Gasteiger partial charge in [0.2, 0.25) is 0 Å². The highest BCUT2D eigenvalue weighted by molar-refractivity contribution is 6.35. The van der Waals surface area contributed by atoms with Crippen LogP contribution in [0.15, 0.2) is 53.3 Å². The number of halogens is 1. The quantitative estimate of drug-likeness (QED) is 0.760. The van der Waals surface area contributed by atoms with E-state index in [9.17, 15) is 4.79 Å². The van der Waals surface area contributed by atoms with Gasteiger partial charge in [0.1, 0.15) is 0 Å². The van der Waals surface area contributed by atoms with Crippen molar-refractivity contribution in [1.82, 2.24) is 15.2 Å². The molecule has 1 aliphatic heterocycles. The van der Waals surface area contributed by atoms with E-state index in [0.29, 0.717) is 10.4 Å². The zero-order valence-electron chi connectivity index (χ0n) is 13.9. The van der Waals surface area contributed by atoms with E-state index in [1.165, 1.54) is 5.56 Å². The Morgan fingerprint density at radius 2 is 1.76 bits per heavy atom. The number of aromatic amines is 1. The van der Waals surface area contributed by atoms with Crippen molar-refractivity contribution in [2.24, 2.45) is 0 Å². The Kier molecular flexibility index (Phi) is 4.57. The zero-order chi connectivity index (χ0) is 17.2. The van der Waals surface area contributed by atoms with Crippen molar-refractivity contribution in [2.75, 3.05) is 26.2 Å². The molecule has 25 heavy (non-hydrogen) atoms. The fourth-order valence-electron chi connectivity index (χ4n) is 3.32. The minimum Gasteiger partial charge on any atom is -0.321 e. The molecule has 0 radical (unpaired) electrons. The van der Waals surface area contributed by atoms with E-state index in [1.54, 1.807) is 12.1 Å². The lowest BCUT2D eigenvalue weighted by Crippen LogP contribution is -2.42. The van der Waals surface area contributed by atoms with E-state index >= 15 is 0 Å². The summed E-state index contributed by atoms with van der Waals surface area (Å²) in [4.78, 5) is 17.7. The molecule has 0 spiro atoms. The summed E-state index contributed by atoms with van der Waals surface area (Å²) in [6, 6.07) is 15.7. The smallest absolute Gasteiger partial charge is 0.256 e. The van der Waals surface area contributed by atoms with Crippen molar-refractivity contribution >= 4 is 22.4 Å². The minimum atomic E-state index is -0.111. The molecule has 2 N–H and O–H groups in total. The number of hydrogen-bond acceptors (Lipinski definition) is 3. The Labute approximate surface area is 151 Å². The molecule has 0 bridgehead atoms. The van der Waals surface area contributed by atoms with Gasteiger partial charge in [-0.25, -0.2) is 0 Å². The molecule has 1 saturated heterocycles. The number of fused-ring (bicyclic) bond motifs is 1. The number of piperazine rings is 1. The maximum Gasteiger partial charge on any atom is 0.256 e. The van der Waals surface area contributed by atoms with Gasteiger partial charge in [0.15, 0.2) is 0 Å². The number of benzene rings is 2. The molecule has 0 unspecified atom stereocenters. The molecule has 1 aromatic heterocycles. The average molecular weight is 354 g/mol. The topological polar surface area (TPSA) is 48.1 Å². The van der Waals surface area contributed by atoms with Crippen molar-refractivity contribution in [3.05, 3.63) is 69.5 Å². The first kappa shape index (κ1) is 16.3. The second-order valence-corrected chi connectivity index (χ2v) is 6.84. The minimum absolute atomic E-state index is 0.111. The molecule has 0 saturated carbocycles. The van der Waals surface area contributed by atoms with Crippen LogP contribution in [0.3, 0.4) is 0 Å². The monoisotopic (exact) mass is 353 g/mol. The summed E-state index contributed by atoms with van der Waals surface area (Å²) in [5, 5.41) is 5.37. The van der Waals surface area contributed by atoms with E-state index in [1.807, 2.05) is 12.1 Å². The number of rotatable bonds is 3. The Bertz CT molecular complexity index is 943. The lowest BCUT2D eigenvalue weighted by Gasteiger charge is -2.27. The molecule has 128 valence electrons. The van der Waals surface area contributed by atoms with Crippen LogP contribution < -0.4 is 10.9 Å². The first-order valence-electron chi connectivity index (χ1n) is 8.55. The molecule has 3 aromatic rings. The van der Waals surface area contributed by atoms with E-state index in [-0.39, 0.29) is 5.56 Å². The van der Waals surface area contributed by atoms with Crippen LogP contribution in [-0.4, -0.2) is 36.1 Å². The van der Waals surface area contributed by atoms with E-state index in [4.69, 9.17) is 11.6 Å². The molecular weight excluding hydrogens is 334 g/mol. The second kappa shape index (κ2) is 7.00. The van der Waals surface area contributed by atoms with Gasteiger partial charge < -0.3 is 10.3 Å². The van der Waals surface area contributed by atoms with Crippen molar-refractivity contribution in [2.45, 2.75) is 6.54 Å². The van der Waals surface area contributed by atoms with Crippen LogP contribution in [0.2, 0.25) is 5.02 Å². The highest BCUT2D eigenvalue weighted by atomic mass is 35.5. The lowest BCUT2D eigenvalue weighted by molar-refractivity contribution is 0.233. The van der Waals surface area contributed by atoms with Crippen molar-refractivity contribution in [3.63, 3.8) is 0 Å². The molecule has 5 heteroatoms. The highest BCUT2D eigenvalue weighted by Crippen LogP contribution is 2.25. The van der Waals surface area contributed by atoms with Gasteiger partial charge in [0, 0.05) is 54.2 Å². The predicted octanol–water partition coefficient (Wildman–Crippen LogP) is 3.25. The number of aromatic nitrogens is 1. The zero-order valence-corrected chi connectivity index (χ0v) is 14.6. The SMILES string of the molecule is O=c1[nH]c(-c2ccc(CN3CCNCC3)cc2)cc2c(Cl)cccc12. The summed E-state index contributed by atoms with van der Waals surface area (Å²) in [5.74, 6) is 0. The molecule has 4 nitrogen and oxygen atoms in total. The second-order valence-electron chi connectivity index (χ2n) is 6.44. The Balaban J connectivity index is 1.62. The van der Waals surface area contributed by atoms with Crippen molar-refractivity contribution < 1.29 is 0 Å². The standard InChI is InChI=1S/C20H20ClN3O/c21-18-3-1-2-16-17(18)12-19(23-20(16)25)15-6-4-14(5-7-15)13-24-10-8-22-9-11-24/h1-7,12,22H,8-11,13H2,(H,23,25). The summed E-state index contributed by atoms with van der Waals surface area (Å²) in [6.45, 7) is 5.23. The maximum atomic E-state index is 12.3. The third-order valence-corrected chi connectivity index (χ3v) is 5.04. The van der Waals surface area contributed by atoms with Crippen LogP contribution in [0.4, 0.5) is 0 Å². The summed E-state index contributed by atoms with van der Waals surface area (Å²) >= 11 is 6.26. The first-order chi connectivity index (χ1) is 12.2. The third kappa shape index (κ3) is 3.47. The molecule has 0 amide bonds. The summed E-state index contributed by atoms with van der Waals surface area (Å²) < 4.78 is 0. The highest BCUT2D eigenvalue weighted by Gasteiger charge is 2.10. The number of nitrogens with zero attached hydrogens (tertiary/aromatic N) is 1. The number of nitrogens with one attached hydrogen (secondary N) is 2. The summed E-state index contributed by atoms with van der Waals surface area (Å²) in [5.41, 5.74) is 2.95. The van der Waals surface area contributed by atoms with Gasteiger partial charge in [0.05, 0.1) is 0 Å². The molecular formula is C20H20ClN3O. The van der Waals surface area contributed by atoms with Gasteiger partial charge in [-0.1, -0.05) is 41.9 Å². The van der Waals surface area contributed by atoms with Crippen LogP contribution in [0.25, 0.3) is 22.0 Å². The molecule has 4 rings (SSSR count). The Morgan fingerprint density at radius 1 is 1.00 bits per heavy atom. The predicted molar refractivity (Wildman–Crippen MR) is 103 cm³/mol. The van der Waals surface area contributed by atoms with Crippen LogP contribution >= 0.6 is 11.6 Å². The van der Waals surface area contributed by atoms with Gasteiger partial charge in [-0.15, -0.1) is 0 Å². The van der Waals surface area contributed by atoms with Crippen LogP contribution in [0.5, 0.6) is 0 Å². The molecule has 1 aliphatic rings. The van der Waals surface area contributed by atoms with E-state index < -0.39 is 0 Å². The van der Waals surface area contributed by atoms with Gasteiger partial charge in [-0.05, 0) is 29.3 Å². The normalized spacial score (nSPS) is 15.6. The van der Waals surface area contributed by atoms with Crippen LogP contribution in [0, 0.1) is 0 Å². The molecule has 0 atom stereocenters. The third-order valence-electron chi connectivity index (χ3n) is 4.72. The summed E-state index contributed by atoms with van der Waals surface area (Å²) in [7, 11) is 0. The van der Waals surface area contributed by atoms with Crippen molar-refractivity contribution in [3.8, 4) is 11.3 Å². The van der Waals surface area contributed by atoms with Crippen LogP contribution in [0.1, 0.15) is 5.56 Å². The Morgan fingerprint density at radius 3 is 2.52 bits per heavy atom. The largest absolute Gasteiger partial charge is 0.321 e. The number of hydrogen-bond donors (Lipinski definition) is 2. The average Bonchev–Trinajstić information content (AvgIpc) is 2.64. The number of H-pyrrole nitrogens is 1. The van der Waals surface area contributed by atoms with Gasteiger partial charge in [-0.2, -0.15) is 0 Å². The van der Waals surface area contributed by atoms with E-state index in [2.05, 4.69) is 39.5 Å². The number of pyridine rings is 1. The van der Waals surface area contributed by atoms with Gasteiger partial charge in [0.25, 0.3) is 5.56 Å². The van der Waals surface area contributed by atoms with Gasteiger partial charge >= 0.3 is 0 Å². The fourth-order valence-corrected chi connectivity index (χ4v) is 3.55. The molecule has 2 aromatic carbocycles. The molecule has 1 fully saturated rings. The van der Waals surface area contributed by atoms with Gasteiger partial charge in [-0.3, -0.25) is 9.69 Å². The fraction of sp³-hybridized carbons (Fsp3) is 0.250. The maximum absolute atomic E-state index is 12.3. The van der Waals surface area contributed by atoms with Crippen LogP contribution in [-0.2, 0) is 6.54 Å². The first-order valence-corrected chi connectivity index (χ1v) is 8.92. The molecule has 2 heterocycles. The van der Waals surface area contributed by atoms with E-state index in [0.717, 1.165) is 49.4 Å². The summed E-state index contributed by atoms with van der Waals surface area (Å²) in [6.07, 6.45) is 0. The molecule has 0 aliphatic carbocycles. The lowest BCUT2D eigenvalue weighted by atomic mass is 10.1.